The Kier molecular flexibility index (Phi) is 4.46. The van der Waals surface area contributed by atoms with E-state index in [9.17, 15) is 19.7 Å². The largest absolute Gasteiger partial charge is 0.339 e. The van der Waals surface area contributed by atoms with Crippen LogP contribution in [0.25, 0.3) is 6.08 Å². The Morgan fingerprint density at radius 1 is 1.24 bits per heavy atom. The third-order valence-electron chi connectivity index (χ3n) is 4.12. The van der Waals surface area contributed by atoms with Crippen LogP contribution in [0.15, 0.2) is 35.0 Å². The molecule has 0 radical (unpaired) electrons. The Hall–Kier alpha value is -3.23. The molecule has 0 atom stereocenters. The maximum Gasteiger partial charge on any atom is 0.276 e. The lowest BCUT2D eigenvalue weighted by molar-refractivity contribution is -0.384. The average Bonchev–Trinajstić information content (AvgIpc) is 2.96. The summed E-state index contributed by atoms with van der Waals surface area (Å²) in [6.07, 6.45) is 1.58. The highest BCUT2D eigenvalue weighted by atomic mass is 16.6. The maximum atomic E-state index is 12.1. The second-order valence-corrected chi connectivity index (χ2v) is 5.76. The molecule has 2 aliphatic heterocycles. The standard InChI is InChI=1S/C16H17N5O4/c1-11(22)19-6-8-20(9-7-19)16-17-14(15(23)18-16)10-12-2-4-13(5-3-12)21(24)25/h2-5,10H,6-9H2,1H3,(H,17,18,23). The molecule has 0 spiro atoms. The van der Waals surface area contributed by atoms with Crippen molar-refractivity contribution >= 4 is 29.5 Å². The highest BCUT2D eigenvalue weighted by Gasteiger charge is 2.27. The lowest BCUT2D eigenvalue weighted by Gasteiger charge is -2.34. The Balaban J connectivity index is 1.72. The number of amides is 2. The number of carbonyl (C=O) groups excluding carboxylic acids is 2. The zero-order chi connectivity index (χ0) is 18.0. The first-order chi connectivity index (χ1) is 11.9. The van der Waals surface area contributed by atoms with E-state index in [0.717, 1.165) is 0 Å². The van der Waals surface area contributed by atoms with E-state index in [1.165, 1.54) is 19.1 Å². The zero-order valence-electron chi connectivity index (χ0n) is 13.6. The van der Waals surface area contributed by atoms with Crippen LogP contribution in [-0.2, 0) is 9.59 Å². The maximum absolute atomic E-state index is 12.1. The topological polar surface area (TPSA) is 108 Å². The van der Waals surface area contributed by atoms with Crippen LogP contribution >= 0.6 is 0 Å². The number of piperazine rings is 1. The first kappa shape index (κ1) is 16.6. The van der Waals surface area contributed by atoms with Gasteiger partial charge in [-0.05, 0) is 23.8 Å². The van der Waals surface area contributed by atoms with Gasteiger partial charge in [0.1, 0.15) is 5.70 Å². The van der Waals surface area contributed by atoms with Crippen LogP contribution in [0.1, 0.15) is 12.5 Å². The quantitative estimate of drug-likeness (QED) is 0.480. The van der Waals surface area contributed by atoms with Crippen LogP contribution in [-0.4, -0.2) is 58.7 Å². The van der Waals surface area contributed by atoms with Gasteiger partial charge in [-0.3, -0.25) is 25.0 Å². The van der Waals surface area contributed by atoms with Crippen LogP contribution in [0.3, 0.4) is 0 Å². The van der Waals surface area contributed by atoms with Gasteiger partial charge in [0.15, 0.2) is 0 Å². The molecule has 2 heterocycles. The number of nitro benzene ring substituents is 1. The minimum absolute atomic E-state index is 0.00874. The molecule has 9 heteroatoms. The van der Waals surface area contributed by atoms with Crippen molar-refractivity contribution in [3.63, 3.8) is 0 Å². The highest BCUT2D eigenvalue weighted by Crippen LogP contribution is 2.17. The van der Waals surface area contributed by atoms with Gasteiger partial charge in [-0.2, -0.15) is 0 Å². The van der Waals surface area contributed by atoms with E-state index in [1.807, 2.05) is 4.90 Å². The van der Waals surface area contributed by atoms with E-state index >= 15 is 0 Å². The third-order valence-corrected chi connectivity index (χ3v) is 4.12. The fourth-order valence-corrected chi connectivity index (χ4v) is 2.69. The highest BCUT2D eigenvalue weighted by molar-refractivity contribution is 6.13. The SMILES string of the molecule is CC(=O)N1CCN(C2=NC(=Cc3ccc([N+](=O)[O-])cc3)C(=O)N2)CC1. The molecular weight excluding hydrogens is 326 g/mol. The van der Waals surface area contributed by atoms with Crippen molar-refractivity contribution in [2.45, 2.75) is 6.92 Å². The normalized spacial score (nSPS) is 19.0. The van der Waals surface area contributed by atoms with Crippen LogP contribution in [0.5, 0.6) is 0 Å². The molecule has 1 N–H and O–H groups in total. The van der Waals surface area contributed by atoms with Crippen molar-refractivity contribution in [1.29, 1.82) is 0 Å². The van der Waals surface area contributed by atoms with Crippen molar-refractivity contribution < 1.29 is 14.5 Å². The monoisotopic (exact) mass is 343 g/mol. The molecule has 130 valence electrons. The lowest BCUT2D eigenvalue weighted by atomic mass is 10.2. The molecule has 1 fully saturated rings. The Morgan fingerprint density at radius 3 is 2.44 bits per heavy atom. The molecule has 1 saturated heterocycles. The minimum Gasteiger partial charge on any atom is -0.339 e. The number of rotatable bonds is 2. The summed E-state index contributed by atoms with van der Waals surface area (Å²) < 4.78 is 0. The summed E-state index contributed by atoms with van der Waals surface area (Å²) in [4.78, 5) is 41.6. The molecule has 0 aromatic heterocycles. The van der Waals surface area contributed by atoms with Crippen LogP contribution in [0, 0.1) is 10.1 Å². The second-order valence-electron chi connectivity index (χ2n) is 5.76. The first-order valence-electron chi connectivity index (χ1n) is 7.81. The van der Waals surface area contributed by atoms with E-state index in [1.54, 1.807) is 23.1 Å². The van der Waals surface area contributed by atoms with Crippen molar-refractivity contribution in [1.82, 2.24) is 15.1 Å². The molecule has 1 aromatic carbocycles. The summed E-state index contributed by atoms with van der Waals surface area (Å²) in [6.45, 7) is 3.92. The van der Waals surface area contributed by atoms with E-state index in [2.05, 4.69) is 10.3 Å². The molecule has 9 nitrogen and oxygen atoms in total. The predicted octanol–water partition coefficient (Wildman–Crippen LogP) is 0.586. The Morgan fingerprint density at radius 2 is 1.88 bits per heavy atom. The Bertz CT molecular complexity index is 776. The summed E-state index contributed by atoms with van der Waals surface area (Å²) in [5.41, 5.74) is 0.894. The zero-order valence-corrected chi connectivity index (χ0v) is 13.6. The Labute approximate surface area is 143 Å². The smallest absolute Gasteiger partial charge is 0.276 e. The van der Waals surface area contributed by atoms with Gasteiger partial charge in [-0.25, -0.2) is 4.99 Å². The van der Waals surface area contributed by atoms with Crippen molar-refractivity contribution in [3.05, 3.63) is 45.6 Å². The molecule has 2 amide bonds. The first-order valence-corrected chi connectivity index (χ1v) is 7.81. The van der Waals surface area contributed by atoms with Crippen LogP contribution in [0.4, 0.5) is 5.69 Å². The van der Waals surface area contributed by atoms with Gasteiger partial charge in [0.25, 0.3) is 11.6 Å². The van der Waals surface area contributed by atoms with Gasteiger partial charge in [-0.1, -0.05) is 0 Å². The molecule has 1 aromatic rings. The molecule has 3 rings (SSSR count). The summed E-state index contributed by atoms with van der Waals surface area (Å²) in [5.74, 6) is 0.194. The molecule has 0 unspecified atom stereocenters. The number of benzene rings is 1. The summed E-state index contributed by atoms with van der Waals surface area (Å²) in [6, 6.07) is 5.89. The van der Waals surface area contributed by atoms with Gasteiger partial charge < -0.3 is 9.80 Å². The predicted molar refractivity (Wildman–Crippen MR) is 90.5 cm³/mol. The molecule has 0 bridgehead atoms. The van der Waals surface area contributed by atoms with E-state index < -0.39 is 4.92 Å². The minimum atomic E-state index is -0.476. The number of hydrogen-bond acceptors (Lipinski definition) is 6. The molecule has 0 aliphatic carbocycles. The molecular formula is C16H17N5O4. The van der Waals surface area contributed by atoms with Gasteiger partial charge in [0, 0.05) is 45.2 Å². The van der Waals surface area contributed by atoms with Crippen molar-refractivity contribution in [2.24, 2.45) is 4.99 Å². The fraction of sp³-hybridized carbons (Fsp3) is 0.312. The van der Waals surface area contributed by atoms with E-state index in [-0.39, 0.29) is 23.2 Å². The number of carbonyl (C=O) groups is 2. The number of nitrogens with zero attached hydrogens (tertiary/aromatic N) is 4. The number of non-ortho nitro benzene ring substituents is 1. The van der Waals surface area contributed by atoms with Gasteiger partial charge >= 0.3 is 0 Å². The number of nitrogens with one attached hydrogen (secondary N) is 1. The summed E-state index contributed by atoms with van der Waals surface area (Å²) >= 11 is 0. The van der Waals surface area contributed by atoms with Crippen molar-refractivity contribution in [2.75, 3.05) is 26.2 Å². The fourth-order valence-electron chi connectivity index (χ4n) is 2.69. The second kappa shape index (κ2) is 6.71. The molecule has 25 heavy (non-hydrogen) atoms. The number of hydrogen-bond donors (Lipinski definition) is 1. The van der Waals surface area contributed by atoms with Gasteiger partial charge in [-0.15, -0.1) is 0 Å². The van der Waals surface area contributed by atoms with E-state index in [4.69, 9.17) is 0 Å². The van der Waals surface area contributed by atoms with Gasteiger partial charge in [0.2, 0.25) is 11.9 Å². The number of guanidine groups is 1. The van der Waals surface area contributed by atoms with Crippen LogP contribution in [0.2, 0.25) is 0 Å². The number of nitro groups is 1. The van der Waals surface area contributed by atoms with E-state index in [0.29, 0.717) is 37.7 Å². The summed E-state index contributed by atoms with van der Waals surface area (Å²) in [7, 11) is 0. The molecule has 0 saturated carbocycles. The molecule has 2 aliphatic rings. The summed E-state index contributed by atoms with van der Waals surface area (Å²) in [5, 5.41) is 13.4. The number of aliphatic imine (C=N–C) groups is 1. The van der Waals surface area contributed by atoms with Crippen LogP contribution < -0.4 is 5.32 Å². The lowest BCUT2D eigenvalue weighted by Crippen LogP contribution is -2.52. The van der Waals surface area contributed by atoms with Crippen molar-refractivity contribution in [3.8, 4) is 0 Å². The third kappa shape index (κ3) is 3.65. The van der Waals surface area contributed by atoms with Gasteiger partial charge in [0.05, 0.1) is 4.92 Å². The average molecular weight is 343 g/mol.